The van der Waals surface area contributed by atoms with Crippen LogP contribution in [0.3, 0.4) is 0 Å². The maximum absolute atomic E-state index is 11.0. The molecule has 0 radical (unpaired) electrons. The van der Waals surface area contributed by atoms with Gasteiger partial charge in [-0.05, 0) is 37.8 Å². The summed E-state index contributed by atoms with van der Waals surface area (Å²) in [5.74, 6) is 0.274. The van der Waals surface area contributed by atoms with Crippen LogP contribution in [0.5, 0.6) is 5.75 Å². The van der Waals surface area contributed by atoms with Crippen molar-refractivity contribution in [3.05, 3.63) is 33.9 Å². The van der Waals surface area contributed by atoms with Gasteiger partial charge in [-0.15, -0.1) is 0 Å². The average Bonchev–Trinajstić information content (AvgIpc) is 2.67. The second kappa shape index (κ2) is 6.19. The SMILES string of the molecule is N#Cc1ccc(OC2CCCCCC2)c([N+](=O)[O-])c1. The van der Waals surface area contributed by atoms with E-state index >= 15 is 0 Å². The Morgan fingerprint density at radius 1 is 1.26 bits per heavy atom. The summed E-state index contributed by atoms with van der Waals surface area (Å²) in [6.45, 7) is 0. The van der Waals surface area contributed by atoms with Crippen molar-refractivity contribution in [2.24, 2.45) is 0 Å². The first kappa shape index (κ1) is 13.3. The van der Waals surface area contributed by atoms with Crippen molar-refractivity contribution in [2.45, 2.75) is 44.6 Å². The first-order chi connectivity index (χ1) is 9.20. The van der Waals surface area contributed by atoms with Gasteiger partial charge in [-0.3, -0.25) is 10.1 Å². The zero-order valence-electron chi connectivity index (χ0n) is 10.7. The molecule has 0 unspecified atom stereocenters. The Hall–Kier alpha value is -2.09. The Bertz CT molecular complexity index is 500. The van der Waals surface area contributed by atoms with E-state index in [1.807, 2.05) is 6.07 Å². The lowest BCUT2D eigenvalue weighted by atomic mass is 10.1. The maximum atomic E-state index is 11.0. The molecular formula is C14H16N2O3. The van der Waals surface area contributed by atoms with Crippen LogP contribution in [0, 0.1) is 21.4 Å². The second-order valence-corrected chi connectivity index (χ2v) is 4.78. The lowest BCUT2D eigenvalue weighted by Gasteiger charge is -2.16. The lowest BCUT2D eigenvalue weighted by Crippen LogP contribution is -2.15. The molecule has 1 saturated carbocycles. The Labute approximate surface area is 112 Å². The number of benzene rings is 1. The summed E-state index contributed by atoms with van der Waals surface area (Å²) in [6.07, 6.45) is 6.55. The number of nitrogens with zero attached hydrogens (tertiary/aromatic N) is 2. The van der Waals surface area contributed by atoms with Crippen molar-refractivity contribution in [3.63, 3.8) is 0 Å². The second-order valence-electron chi connectivity index (χ2n) is 4.78. The van der Waals surface area contributed by atoms with E-state index in [1.54, 1.807) is 6.07 Å². The zero-order chi connectivity index (χ0) is 13.7. The van der Waals surface area contributed by atoms with E-state index in [0.717, 1.165) is 25.7 Å². The van der Waals surface area contributed by atoms with Crippen LogP contribution in [-0.2, 0) is 0 Å². The van der Waals surface area contributed by atoms with Gasteiger partial charge in [-0.25, -0.2) is 0 Å². The Kier molecular flexibility index (Phi) is 4.35. The molecule has 0 aromatic heterocycles. The van der Waals surface area contributed by atoms with Crippen molar-refractivity contribution in [2.75, 3.05) is 0 Å². The van der Waals surface area contributed by atoms with Crippen LogP contribution in [0.1, 0.15) is 44.1 Å². The standard InChI is InChI=1S/C14H16N2O3/c15-10-11-7-8-14(13(9-11)16(17)18)19-12-5-3-1-2-4-6-12/h7-9,12H,1-6H2. The van der Waals surface area contributed by atoms with Gasteiger partial charge in [0.1, 0.15) is 0 Å². The van der Waals surface area contributed by atoms with Crippen LogP contribution >= 0.6 is 0 Å². The molecule has 1 aromatic carbocycles. The van der Waals surface area contributed by atoms with Gasteiger partial charge in [0.25, 0.3) is 0 Å². The van der Waals surface area contributed by atoms with E-state index in [-0.39, 0.29) is 23.1 Å². The van der Waals surface area contributed by atoms with Crippen LogP contribution in [0.4, 0.5) is 5.69 Å². The molecule has 0 N–H and O–H groups in total. The molecule has 0 bridgehead atoms. The Balaban J connectivity index is 2.19. The Morgan fingerprint density at radius 2 is 1.95 bits per heavy atom. The number of nitro benzene ring substituents is 1. The highest BCUT2D eigenvalue weighted by molar-refractivity contribution is 5.51. The van der Waals surface area contributed by atoms with Gasteiger partial charge >= 0.3 is 5.69 Å². The molecule has 19 heavy (non-hydrogen) atoms. The normalized spacial score (nSPS) is 16.4. The average molecular weight is 260 g/mol. The highest BCUT2D eigenvalue weighted by Gasteiger charge is 2.20. The molecule has 0 atom stereocenters. The minimum atomic E-state index is -0.493. The van der Waals surface area contributed by atoms with E-state index in [1.165, 1.54) is 25.0 Å². The van der Waals surface area contributed by atoms with Crippen LogP contribution in [0.2, 0.25) is 0 Å². The van der Waals surface area contributed by atoms with Crippen molar-refractivity contribution >= 4 is 5.69 Å². The van der Waals surface area contributed by atoms with Gasteiger partial charge < -0.3 is 4.74 Å². The first-order valence-corrected chi connectivity index (χ1v) is 6.56. The van der Waals surface area contributed by atoms with Crippen LogP contribution in [0.15, 0.2) is 18.2 Å². The summed E-state index contributed by atoms with van der Waals surface area (Å²) in [5.41, 5.74) is 0.156. The van der Waals surface area contributed by atoms with Gasteiger partial charge in [0, 0.05) is 6.07 Å². The third-order valence-corrected chi connectivity index (χ3v) is 3.38. The van der Waals surface area contributed by atoms with Gasteiger partial charge in [0.2, 0.25) is 0 Å². The van der Waals surface area contributed by atoms with E-state index in [0.29, 0.717) is 0 Å². The summed E-state index contributed by atoms with van der Waals surface area (Å²) >= 11 is 0. The summed E-state index contributed by atoms with van der Waals surface area (Å²) in [5, 5.41) is 19.8. The molecular weight excluding hydrogens is 244 g/mol. The van der Waals surface area contributed by atoms with Gasteiger partial charge in [0.15, 0.2) is 5.75 Å². The number of nitriles is 1. The summed E-state index contributed by atoms with van der Waals surface area (Å²) < 4.78 is 5.78. The van der Waals surface area contributed by atoms with Crippen molar-refractivity contribution in [3.8, 4) is 11.8 Å². The van der Waals surface area contributed by atoms with Crippen molar-refractivity contribution < 1.29 is 9.66 Å². The van der Waals surface area contributed by atoms with Gasteiger partial charge in [0.05, 0.1) is 22.7 Å². The molecule has 0 saturated heterocycles. The zero-order valence-corrected chi connectivity index (χ0v) is 10.7. The molecule has 100 valence electrons. The predicted octanol–water partition coefficient (Wildman–Crippen LogP) is 3.57. The van der Waals surface area contributed by atoms with E-state index < -0.39 is 4.92 Å². The number of ether oxygens (including phenoxy) is 1. The molecule has 2 rings (SSSR count). The fourth-order valence-electron chi connectivity index (χ4n) is 2.37. The summed E-state index contributed by atoms with van der Waals surface area (Å²) in [7, 11) is 0. The van der Waals surface area contributed by atoms with Crippen LogP contribution < -0.4 is 4.74 Å². The lowest BCUT2D eigenvalue weighted by molar-refractivity contribution is -0.386. The maximum Gasteiger partial charge on any atom is 0.312 e. The molecule has 5 nitrogen and oxygen atoms in total. The van der Waals surface area contributed by atoms with E-state index in [2.05, 4.69) is 0 Å². The molecule has 0 amide bonds. The molecule has 1 aromatic rings. The third kappa shape index (κ3) is 3.44. The first-order valence-electron chi connectivity index (χ1n) is 6.56. The minimum absolute atomic E-state index is 0.0501. The molecule has 0 spiro atoms. The summed E-state index contributed by atoms with van der Waals surface area (Å²) in [6, 6.07) is 6.26. The number of hydrogen-bond donors (Lipinski definition) is 0. The quantitative estimate of drug-likeness (QED) is 0.473. The van der Waals surface area contributed by atoms with Gasteiger partial charge in [-0.2, -0.15) is 5.26 Å². The smallest absolute Gasteiger partial charge is 0.312 e. The third-order valence-electron chi connectivity index (χ3n) is 3.38. The van der Waals surface area contributed by atoms with E-state index in [9.17, 15) is 10.1 Å². The highest BCUT2D eigenvalue weighted by Crippen LogP contribution is 2.31. The number of hydrogen-bond acceptors (Lipinski definition) is 4. The highest BCUT2D eigenvalue weighted by atomic mass is 16.6. The van der Waals surface area contributed by atoms with Crippen LogP contribution in [-0.4, -0.2) is 11.0 Å². The van der Waals surface area contributed by atoms with Crippen LogP contribution in [0.25, 0.3) is 0 Å². The Morgan fingerprint density at radius 3 is 2.53 bits per heavy atom. The monoisotopic (exact) mass is 260 g/mol. The molecule has 0 aliphatic heterocycles. The molecule has 1 fully saturated rings. The molecule has 1 aliphatic carbocycles. The van der Waals surface area contributed by atoms with Crippen molar-refractivity contribution in [1.29, 1.82) is 5.26 Å². The molecule has 1 aliphatic rings. The van der Waals surface area contributed by atoms with Gasteiger partial charge in [-0.1, -0.05) is 12.8 Å². The molecule has 5 heteroatoms. The fraction of sp³-hybridized carbons (Fsp3) is 0.500. The van der Waals surface area contributed by atoms with E-state index in [4.69, 9.17) is 10.00 Å². The summed E-state index contributed by atoms with van der Waals surface area (Å²) in [4.78, 5) is 10.5. The fourth-order valence-corrected chi connectivity index (χ4v) is 2.37. The number of rotatable bonds is 3. The predicted molar refractivity (Wildman–Crippen MR) is 69.9 cm³/mol. The molecule has 0 heterocycles. The number of nitro groups is 1. The minimum Gasteiger partial charge on any atom is -0.484 e. The largest absolute Gasteiger partial charge is 0.484 e. The topological polar surface area (TPSA) is 76.2 Å². The van der Waals surface area contributed by atoms with Crippen molar-refractivity contribution in [1.82, 2.24) is 0 Å².